The molecule has 0 aromatic heterocycles. The number of carbonyl (C=O) groups is 2. The van der Waals surface area contributed by atoms with Gasteiger partial charge in [0.2, 0.25) is 0 Å². The molecule has 0 N–H and O–H groups in total. The van der Waals surface area contributed by atoms with Crippen LogP contribution in [0.5, 0.6) is 11.5 Å². The Labute approximate surface area is 222 Å². The minimum Gasteiger partial charge on any atom is -0.490 e. The molecule has 3 unspecified atom stereocenters. The van der Waals surface area contributed by atoms with E-state index in [0.29, 0.717) is 17.3 Å². The zero-order chi connectivity index (χ0) is 26.3. The first kappa shape index (κ1) is 29.4. The fourth-order valence-corrected chi connectivity index (χ4v) is 4.58. The van der Waals surface area contributed by atoms with E-state index in [0.717, 1.165) is 34.8 Å². The molecule has 0 aliphatic carbocycles. The Balaban J connectivity index is 1.98. The van der Waals surface area contributed by atoms with Crippen LogP contribution in [-0.4, -0.2) is 53.4 Å². The Bertz CT molecular complexity index is 975. The average molecular weight is 531 g/mol. The van der Waals surface area contributed by atoms with Gasteiger partial charge in [-0.15, -0.1) is 11.8 Å². The maximum absolute atomic E-state index is 11.6. The predicted molar refractivity (Wildman–Crippen MR) is 149 cm³/mol. The number of rotatable bonds is 16. The number of hydrogen-bond acceptors (Lipinski definition) is 8. The molecular weight excluding hydrogens is 496 g/mol. The van der Waals surface area contributed by atoms with Crippen LogP contribution in [0.1, 0.15) is 20.8 Å². The van der Waals surface area contributed by atoms with E-state index in [2.05, 4.69) is 20.1 Å². The number of hydrogen-bond donors (Lipinski definition) is 0. The summed E-state index contributed by atoms with van der Waals surface area (Å²) < 4.78 is 22.6. The Morgan fingerprint density at radius 3 is 1.94 bits per heavy atom. The molecule has 0 amide bonds. The van der Waals surface area contributed by atoms with Crippen LogP contribution in [0.4, 0.5) is 0 Å². The van der Waals surface area contributed by atoms with Crippen LogP contribution in [0.15, 0.2) is 73.8 Å². The van der Waals surface area contributed by atoms with Crippen LogP contribution in [0.3, 0.4) is 0 Å². The molecule has 36 heavy (non-hydrogen) atoms. The van der Waals surface area contributed by atoms with Crippen molar-refractivity contribution in [2.24, 2.45) is 0 Å². The molecule has 0 radical (unpaired) electrons. The lowest BCUT2D eigenvalue weighted by atomic mass is 10.1. The second-order valence-electron chi connectivity index (χ2n) is 7.57. The number of benzene rings is 2. The Morgan fingerprint density at radius 1 is 0.861 bits per heavy atom. The molecular formula is C28H34O6S2. The van der Waals surface area contributed by atoms with E-state index >= 15 is 0 Å². The molecule has 8 heteroatoms. The summed E-state index contributed by atoms with van der Waals surface area (Å²) in [6.45, 7) is 13.0. The van der Waals surface area contributed by atoms with Crippen molar-refractivity contribution in [3.8, 4) is 22.6 Å². The average Bonchev–Trinajstić information content (AvgIpc) is 2.90. The van der Waals surface area contributed by atoms with Gasteiger partial charge in [0.05, 0.1) is 0 Å². The maximum Gasteiger partial charge on any atom is 0.330 e. The van der Waals surface area contributed by atoms with Crippen LogP contribution in [0.25, 0.3) is 11.1 Å². The first-order valence-electron chi connectivity index (χ1n) is 11.8. The second-order valence-corrected chi connectivity index (χ2v) is 10.3. The topological polar surface area (TPSA) is 71.1 Å². The molecule has 2 rings (SSSR count). The summed E-state index contributed by atoms with van der Waals surface area (Å²) in [5, 5.41) is 0. The normalized spacial score (nSPS) is 13.1. The Hall–Kier alpha value is -2.84. The third kappa shape index (κ3) is 10.0. The molecule has 0 saturated carbocycles. The molecule has 2 aromatic carbocycles. The van der Waals surface area contributed by atoms with Gasteiger partial charge in [0.15, 0.2) is 5.44 Å². The summed E-state index contributed by atoms with van der Waals surface area (Å²) in [6, 6.07) is 15.5. The summed E-state index contributed by atoms with van der Waals surface area (Å²) in [5.74, 6) is 2.88. The molecule has 0 fully saturated rings. The minimum absolute atomic E-state index is 0.273. The molecule has 3 atom stereocenters. The highest BCUT2D eigenvalue weighted by Gasteiger charge is 2.22. The van der Waals surface area contributed by atoms with Gasteiger partial charge in [-0.1, -0.05) is 51.3 Å². The van der Waals surface area contributed by atoms with Gasteiger partial charge in [-0.05, 0) is 53.8 Å². The fraction of sp³-hybridized carbons (Fsp3) is 0.357. The lowest BCUT2D eigenvalue weighted by Crippen LogP contribution is -2.30. The summed E-state index contributed by atoms with van der Waals surface area (Å²) in [6.07, 6.45) is 1.55. The van der Waals surface area contributed by atoms with Gasteiger partial charge in [0, 0.05) is 17.9 Å². The number of thioether (sulfide) groups is 2. The highest BCUT2D eigenvalue weighted by atomic mass is 32.2. The van der Waals surface area contributed by atoms with E-state index in [4.69, 9.17) is 18.9 Å². The van der Waals surface area contributed by atoms with Gasteiger partial charge in [-0.3, -0.25) is 0 Å². The van der Waals surface area contributed by atoms with Crippen LogP contribution >= 0.6 is 23.5 Å². The van der Waals surface area contributed by atoms with Gasteiger partial charge < -0.3 is 18.9 Å². The minimum atomic E-state index is -0.469. The van der Waals surface area contributed by atoms with Crippen LogP contribution in [0, 0.1) is 0 Å². The van der Waals surface area contributed by atoms with Crippen LogP contribution in [-0.2, 0) is 19.1 Å². The van der Waals surface area contributed by atoms with Crippen molar-refractivity contribution in [3.63, 3.8) is 0 Å². The van der Waals surface area contributed by atoms with Crippen molar-refractivity contribution in [2.45, 2.75) is 38.4 Å². The van der Waals surface area contributed by atoms with Crippen molar-refractivity contribution >= 4 is 35.5 Å². The fourth-order valence-electron chi connectivity index (χ4n) is 3.09. The van der Waals surface area contributed by atoms with Gasteiger partial charge in [0.25, 0.3) is 0 Å². The van der Waals surface area contributed by atoms with E-state index in [1.54, 1.807) is 30.4 Å². The van der Waals surface area contributed by atoms with E-state index in [-0.39, 0.29) is 18.1 Å². The first-order chi connectivity index (χ1) is 17.4. The molecule has 6 nitrogen and oxygen atoms in total. The van der Waals surface area contributed by atoms with Crippen molar-refractivity contribution in [2.75, 3.05) is 23.9 Å². The van der Waals surface area contributed by atoms with Gasteiger partial charge in [-0.2, -0.15) is 11.8 Å². The lowest BCUT2D eigenvalue weighted by molar-refractivity contribution is -0.144. The molecule has 2 aromatic rings. The second kappa shape index (κ2) is 16.0. The largest absolute Gasteiger partial charge is 0.490 e. The summed E-state index contributed by atoms with van der Waals surface area (Å²) in [4.78, 5) is 23.1. The highest BCUT2D eigenvalue weighted by Crippen LogP contribution is 2.27. The SMILES string of the molecule is C=CC(=O)OC(COc1ccc(-c2ccc(OC(SCC)C(C)OC(=O)C=C)cc2)cc1)CSCC. The van der Waals surface area contributed by atoms with Gasteiger partial charge in [0.1, 0.15) is 30.3 Å². The van der Waals surface area contributed by atoms with E-state index in [1.807, 2.05) is 55.5 Å². The molecule has 0 aliphatic heterocycles. The summed E-state index contributed by atoms with van der Waals surface area (Å²) in [5.41, 5.74) is 1.72. The summed E-state index contributed by atoms with van der Waals surface area (Å²) in [7, 11) is 0. The van der Waals surface area contributed by atoms with E-state index in [9.17, 15) is 9.59 Å². The van der Waals surface area contributed by atoms with Crippen molar-refractivity contribution < 1.29 is 28.5 Å². The monoisotopic (exact) mass is 530 g/mol. The van der Waals surface area contributed by atoms with E-state index < -0.39 is 18.0 Å². The maximum atomic E-state index is 11.6. The van der Waals surface area contributed by atoms with Crippen molar-refractivity contribution in [3.05, 3.63) is 73.8 Å². The summed E-state index contributed by atoms with van der Waals surface area (Å²) >= 11 is 3.25. The molecule has 0 heterocycles. The molecule has 0 aliphatic rings. The van der Waals surface area contributed by atoms with Gasteiger partial charge in [-0.25, -0.2) is 9.59 Å². The lowest BCUT2D eigenvalue weighted by Gasteiger charge is -2.24. The molecule has 0 saturated heterocycles. The van der Waals surface area contributed by atoms with Crippen molar-refractivity contribution in [1.29, 1.82) is 0 Å². The predicted octanol–water partition coefficient (Wildman–Crippen LogP) is 6.16. The van der Waals surface area contributed by atoms with Crippen molar-refractivity contribution in [1.82, 2.24) is 0 Å². The van der Waals surface area contributed by atoms with Crippen LogP contribution in [0.2, 0.25) is 0 Å². The Kier molecular flexibility index (Phi) is 13.1. The number of ether oxygens (including phenoxy) is 4. The number of esters is 2. The van der Waals surface area contributed by atoms with E-state index in [1.165, 1.54) is 0 Å². The smallest absolute Gasteiger partial charge is 0.330 e. The van der Waals surface area contributed by atoms with Crippen LogP contribution < -0.4 is 9.47 Å². The highest BCUT2D eigenvalue weighted by molar-refractivity contribution is 7.99. The standard InChI is InChI=1S/C28H34O6S2/c1-6-26(29)32-20(5)28(36-9-4)34-24-16-12-22(13-17-24)21-10-14-23(15-11-21)31-18-25(19-35-8-3)33-27(30)7-2/h6-7,10-17,20,25,28H,1-2,8-9,18-19H2,3-5H3. The number of carbonyl (C=O) groups excluding carboxylic acids is 2. The molecule has 194 valence electrons. The zero-order valence-electron chi connectivity index (χ0n) is 21.0. The third-order valence-electron chi connectivity index (χ3n) is 4.87. The quantitative estimate of drug-likeness (QED) is 0.145. The first-order valence-corrected chi connectivity index (χ1v) is 14.0. The third-order valence-corrected chi connectivity index (χ3v) is 7.03. The van der Waals surface area contributed by atoms with Gasteiger partial charge >= 0.3 is 11.9 Å². The zero-order valence-corrected chi connectivity index (χ0v) is 22.6. The molecule has 0 bridgehead atoms. The molecule has 0 spiro atoms. The Morgan fingerprint density at radius 2 is 1.42 bits per heavy atom.